The largest absolute Gasteiger partial charge is 0.378 e. The number of hydrogen-bond acceptors (Lipinski definition) is 3. The highest BCUT2D eigenvalue weighted by Crippen LogP contribution is 2.35. The van der Waals surface area contributed by atoms with Gasteiger partial charge in [-0.3, -0.25) is 4.55 Å². The minimum atomic E-state index is -3.82. The molecule has 0 spiro atoms. The Hall–Kier alpha value is -0.130. The van der Waals surface area contributed by atoms with Gasteiger partial charge in [0.05, 0.1) is 11.9 Å². The van der Waals surface area contributed by atoms with Gasteiger partial charge in [0.2, 0.25) is 0 Å². The van der Waals surface area contributed by atoms with E-state index in [2.05, 4.69) is 20.8 Å². The molecule has 19 heavy (non-hydrogen) atoms. The highest BCUT2D eigenvalue weighted by Gasteiger charge is 2.31. The maximum Gasteiger partial charge on any atom is 0.264 e. The molecule has 1 rings (SSSR count). The molecule has 0 amide bonds. The van der Waals surface area contributed by atoms with Crippen molar-refractivity contribution in [2.45, 2.75) is 59.0 Å². The van der Waals surface area contributed by atoms with Crippen molar-refractivity contribution in [1.29, 1.82) is 0 Å². The molecule has 5 heteroatoms. The molecule has 1 fully saturated rings. The third kappa shape index (κ3) is 6.72. The molecule has 0 radical (unpaired) electrons. The topological polar surface area (TPSA) is 63.6 Å². The fourth-order valence-electron chi connectivity index (χ4n) is 2.93. The lowest BCUT2D eigenvalue weighted by atomic mass is 9.75. The van der Waals surface area contributed by atoms with Crippen LogP contribution >= 0.6 is 0 Å². The van der Waals surface area contributed by atoms with E-state index in [9.17, 15) is 8.42 Å². The van der Waals surface area contributed by atoms with Crippen molar-refractivity contribution in [3.05, 3.63) is 0 Å². The van der Waals surface area contributed by atoms with Gasteiger partial charge in [0.1, 0.15) is 0 Å². The fourth-order valence-corrected chi connectivity index (χ4v) is 3.50. The monoisotopic (exact) mass is 292 g/mol. The lowest BCUT2D eigenvalue weighted by Gasteiger charge is -2.37. The number of unbranched alkanes of at least 4 members (excludes halogenated alkanes) is 1. The van der Waals surface area contributed by atoms with Crippen molar-refractivity contribution in [3.8, 4) is 0 Å². The molecular formula is C14H28O4S. The Labute approximate surface area is 117 Å². The zero-order chi connectivity index (χ0) is 14.5. The first kappa shape index (κ1) is 16.9. The van der Waals surface area contributed by atoms with Crippen LogP contribution in [0.4, 0.5) is 0 Å². The lowest BCUT2D eigenvalue weighted by Crippen LogP contribution is -2.34. The van der Waals surface area contributed by atoms with Gasteiger partial charge in [-0.05, 0) is 43.4 Å². The van der Waals surface area contributed by atoms with Gasteiger partial charge in [-0.1, -0.05) is 27.2 Å². The molecule has 3 atom stereocenters. The van der Waals surface area contributed by atoms with Crippen molar-refractivity contribution >= 4 is 10.1 Å². The quantitative estimate of drug-likeness (QED) is 0.578. The molecular weight excluding hydrogens is 264 g/mol. The summed E-state index contributed by atoms with van der Waals surface area (Å²) in [6, 6.07) is 0. The molecule has 0 heterocycles. The normalized spacial score (nSPS) is 28.8. The first-order valence-corrected chi connectivity index (χ1v) is 8.97. The second kappa shape index (κ2) is 7.60. The van der Waals surface area contributed by atoms with Crippen molar-refractivity contribution in [3.63, 3.8) is 0 Å². The standard InChI is InChI=1S/C14H28O4S/c1-11(2)13-7-6-12(3)10-14(13)18-8-4-5-9-19(15,16)17/h11-14H,4-10H2,1-3H3,(H,15,16,17)/t12-,13+,14-/m1/s1. The van der Waals surface area contributed by atoms with E-state index < -0.39 is 10.1 Å². The van der Waals surface area contributed by atoms with E-state index in [0.29, 0.717) is 37.4 Å². The molecule has 1 saturated carbocycles. The van der Waals surface area contributed by atoms with Crippen LogP contribution in [-0.2, 0) is 14.9 Å². The highest BCUT2D eigenvalue weighted by atomic mass is 32.2. The van der Waals surface area contributed by atoms with Crippen LogP contribution in [0.25, 0.3) is 0 Å². The predicted molar refractivity (Wildman–Crippen MR) is 76.7 cm³/mol. The average molecular weight is 292 g/mol. The van der Waals surface area contributed by atoms with Crippen molar-refractivity contribution in [1.82, 2.24) is 0 Å². The van der Waals surface area contributed by atoms with Gasteiger partial charge in [0.25, 0.3) is 10.1 Å². The summed E-state index contributed by atoms with van der Waals surface area (Å²) >= 11 is 0. The van der Waals surface area contributed by atoms with E-state index in [-0.39, 0.29) is 5.75 Å². The zero-order valence-electron chi connectivity index (χ0n) is 12.3. The van der Waals surface area contributed by atoms with Crippen LogP contribution in [0.1, 0.15) is 52.9 Å². The zero-order valence-corrected chi connectivity index (χ0v) is 13.2. The van der Waals surface area contributed by atoms with Crippen LogP contribution in [0.3, 0.4) is 0 Å². The second-order valence-corrected chi connectivity index (χ2v) is 7.80. The maximum absolute atomic E-state index is 10.6. The molecule has 0 aromatic heterocycles. The van der Waals surface area contributed by atoms with E-state index >= 15 is 0 Å². The smallest absolute Gasteiger partial charge is 0.264 e. The Kier molecular flexibility index (Phi) is 6.77. The molecule has 0 aromatic carbocycles. The first-order chi connectivity index (χ1) is 8.79. The van der Waals surface area contributed by atoms with Crippen LogP contribution in [0.5, 0.6) is 0 Å². The minimum absolute atomic E-state index is 0.162. The van der Waals surface area contributed by atoms with E-state index in [1.165, 1.54) is 12.8 Å². The summed E-state index contributed by atoms with van der Waals surface area (Å²) in [5, 5.41) is 0. The second-order valence-electron chi connectivity index (χ2n) is 6.23. The SMILES string of the molecule is CC(C)[C@@H]1CC[C@@H](C)C[C@H]1OCCCCS(=O)(=O)O. The van der Waals surface area contributed by atoms with Crippen molar-refractivity contribution < 1.29 is 17.7 Å². The Morgan fingerprint density at radius 1 is 1.26 bits per heavy atom. The maximum atomic E-state index is 10.6. The highest BCUT2D eigenvalue weighted by molar-refractivity contribution is 7.85. The molecule has 0 saturated heterocycles. The van der Waals surface area contributed by atoms with E-state index in [0.717, 1.165) is 12.3 Å². The fraction of sp³-hybridized carbons (Fsp3) is 1.00. The van der Waals surface area contributed by atoms with E-state index in [1.54, 1.807) is 0 Å². The number of rotatable bonds is 7. The molecule has 0 bridgehead atoms. The Morgan fingerprint density at radius 3 is 2.53 bits per heavy atom. The Balaban J connectivity index is 2.28. The Morgan fingerprint density at radius 2 is 1.95 bits per heavy atom. The van der Waals surface area contributed by atoms with Crippen LogP contribution in [0.2, 0.25) is 0 Å². The molecule has 4 nitrogen and oxygen atoms in total. The first-order valence-electron chi connectivity index (χ1n) is 7.36. The van der Waals surface area contributed by atoms with Gasteiger partial charge in [0, 0.05) is 6.61 Å². The summed E-state index contributed by atoms with van der Waals surface area (Å²) in [5.74, 6) is 1.82. The molecule has 1 aliphatic rings. The molecule has 0 unspecified atom stereocenters. The molecule has 0 aliphatic heterocycles. The van der Waals surface area contributed by atoms with Crippen LogP contribution < -0.4 is 0 Å². The van der Waals surface area contributed by atoms with Gasteiger partial charge in [-0.2, -0.15) is 8.42 Å². The van der Waals surface area contributed by atoms with Gasteiger partial charge in [0.15, 0.2) is 0 Å². The van der Waals surface area contributed by atoms with Gasteiger partial charge in [-0.25, -0.2) is 0 Å². The third-order valence-corrected chi connectivity index (χ3v) is 4.89. The van der Waals surface area contributed by atoms with Gasteiger partial charge in [-0.15, -0.1) is 0 Å². The summed E-state index contributed by atoms with van der Waals surface area (Å²) in [6.07, 6.45) is 5.10. The van der Waals surface area contributed by atoms with Gasteiger partial charge < -0.3 is 4.74 Å². The van der Waals surface area contributed by atoms with E-state index in [1.807, 2.05) is 0 Å². The minimum Gasteiger partial charge on any atom is -0.378 e. The van der Waals surface area contributed by atoms with Crippen LogP contribution in [-0.4, -0.2) is 31.4 Å². The summed E-state index contributed by atoms with van der Waals surface area (Å²) in [7, 11) is -3.82. The van der Waals surface area contributed by atoms with Crippen LogP contribution in [0, 0.1) is 17.8 Å². The number of hydrogen-bond donors (Lipinski definition) is 1. The summed E-state index contributed by atoms with van der Waals surface area (Å²) in [6.45, 7) is 7.35. The number of ether oxygens (including phenoxy) is 1. The van der Waals surface area contributed by atoms with Gasteiger partial charge >= 0.3 is 0 Å². The van der Waals surface area contributed by atoms with Crippen molar-refractivity contribution in [2.24, 2.45) is 17.8 Å². The predicted octanol–water partition coefficient (Wildman–Crippen LogP) is 3.13. The summed E-state index contributed by atoms with van der Waals surface area (Å²) in [5.41, 5.74) is 0. The van der Waals surface area contributed by atoms with Crippen LogP contribution in [0.15, 0.2) is 0 Å². The molecule has 1 N–H and O–H groups in total. The lowest BCUT2D eigenvalue weighted by molar-refractivity contribution is -0.0390. The average Bonchev–Trinajstić information content (AvgIpc) is 2.26. The van der Waals surface area contributed by atoms with Crippen molar-refractivity contribution in [2.75, 3.05) is 12.4 Å². The Bertz CT molecular complexity index is 350. The van der Waals surface area contributed by atoms with E-state index in [4.69, 9.17) is 9.29 Å². The third-order valence-electron chi connectivity index (χ3n) is 4.09. The molecule has 114 valence electrons. The molecule has 1 aliphatic carbocycles. The summed E-state index contributed by atoms with van der Waals surface area (Å²) < 4.78 is 35.8. The molecule has 0 aromatic rings. The summed E-state index contributed by atoms with van der Waals surface area (Å²) in [4.78, 5) is 0.